The van der Waals surface area contributed by atoms with Gasteiger partial charge in [0.15, 0.2) is 10.8 Å². The molecule has 2 N–H and O–H groups in total. The maximum absolute atomic E-state index is 10.6. The minimum atomic E-state index is -1.00. The molecule has 0 aliphatic heterocycles. The number of furan rings is 1. The van der Waals surface area contributed by atoms with Crippen LogP contribution >= 0.6 is 11.3 Å². The highest BCUT2D eigenvalue weighted by molar-refractivity contribution is 7.13. The summed E-state index contributed by atoms with van der Waals surface area (Å²) in [5, 5.41) is 13.8. The summed E-state index contributed by atoms with van der Waals surface area (Å²) in [6, 6.07) is 3.73. The summed E-state index contributed by atoms with van der Waals surface area (Å²) in [5.41, 5.74) is 0.0745. The van der Waals surface area contributed by atoms with E-state index in [1.807, 2.05) is 12.1 Å². The van der Waals surface area contributed by atoms with Gasteiger partial charge in [0.25, 0.3) is 0 Å². The van der Waals surface area contributed by atoms with Gasteiger partial charge in [-0.25, -0.2) is 9.78 Å². The molecule has 0 spiro atoms. The second-order valence-corrected chi connectivity index (χ2v) is 3.96. The third-order valence-corrected chi connectivity index (χ3v) is 2.75. The van der Waals surface area contributed by atoms with E-state index in [0.717, 1.165) is 12.2 Å². The smallest absolute Gasteiger partial charge is 0.355 e. The molecule has 0 saturated heterocycles. The van der Waals surface area contributed by atoms with Crippen LogP contribution in [0.15, 0.2) is 28.2 Å². The van der Waals surface area contributed by atoms with Gasteiger partial charge in [-0.3, -0.25) is 0 Å². The van der Waals surface area contributed by atoms with Crippen molar-refractivity contribution in [1.29, 1.82) is 0 Å². The molecular weight excluding hydrogens is 228 g/mol. The molecular formula is C10H10N2O3S. The molecule has 0 aliphatic rings. The lowest BCUT2D eigenvalue weighted by atomic mass is 10.3. The van der Waals surface area contributed by atoms with Crippen LogP contribution in [0.2, 0.25) is 0 Å². The average Bonchev–Trinajstić information content (AvgIpc) is 2.87. The van der Waals surface area contributed by atoms with Gasteiger partial charge < -0.3 is 14.8 Å². The number of hydrogen-bond donors (Lipinski definition) is 2. The molecule has 0 aliphatic carbocycles. The Kier molecular flexibility index (Phi) is 3.21. The van der Waals surface area contributed by atoms with Crippen LogP contribution in [0.4, 0.5) is 5.13 Å². The minimum Gasteiger partial charge on any atom is -0.476 e. The lowest BCUT2D eigenvalue weighted by Crippen LogP contribution is -2.04. The van der Waals surface area contributed by atoms with Crippen LogP contribution < -0.4 is 5.32 Å². The molecule has 0 unspecified atom stereocenters. The van der Waals surface area contributed by atoms with Crippen molar-refractivity contribution < 1.29 is 14.3 Å². The number of thiazole rings is 1. The van der Waals surface area contributed by atoms with Crippen molar-refractivity contribution in [2.24, 2.45) is 0 Å². The Hall–Kier alpha value is -1.82. The molecule has 0 aromatic carbocycles. The quantitative estimate of drug-likeness (QED) is 0.834. The molecule has 2 rings (SSSR count). The predicted molar refractivity (Wildman–Crippen MR) is 60.0 cm³/mol. The summed E-state index contributed by atoms with van der Waals surface area (Å²) in [4.78, 5) is 14.5. The summed E-state index contributed by atoms with van der Waals surface area (Å²) >= 11 is 1.28. The van der Waals surface area contributed by atoms with Crippen LogP contribution in [0.1, 0.15) is 16.2 Å². The fourth-order valence-corrected chi connectivity index (χ4v) is 1.91. The van der Waals surface area contributed by atoms with Gasteiger partial charge >= 0.3 is 5.97 Å². The van der Waals surface area contributed by atoms with Crippen molar-refractivity contribution in [3.05, 3.63) is 35.2 Å². The highest BCUT2D eigenvalue weighted by Crippen LogP contribution is 2.15. The summed E-state index contributed by atoms with van der Waals surface area (Å²) < 4.78 is 5.16. The van der Waals surface area contributed by atoms with E-state index < -0.39 is 5.97 Å². The zero-order chi connectivity index (χ0) is 11.4. The Morgan fingerprint density at radius 3 is 3.12 bits per heavy atom. The lowest BCUT2D eigenvalue weighted by molar-refractivity contribution is 0.0691. The van der Waals surface area contributed by atoms with Crippen LogP contribution in [-0.4, -0.2) is 22.6 Å². The number of aromatic carboxylic acids is 1. The Labute approximate surface area is 95.7 Å². The number of aromatic nitrogens is 1. The van der Waals surface area contributed by atoms with Crippen molar-refractivity contribution in [3.8, 4) is 0 Å². The number of nitrogens with zero attached hydrogens (tertiary/aromatic N) is 1. The van der Waals surface area contributed by atoms with E-state index in [0.29, 0.717) is 11.7 Å². The molecule has 2 heterocycles. The molecule has 0 radical (unpaired) electrons. The first-order valence-electron chi connectivity index (χ1n) is 4.71. The number of hydrogen-bond acceptors (Lipinski definition) is 5. The molecule has 0 bridgehead atoms. The molecule has 5 nitrogen and oxygen atoms in total. The molecule has 0 atom stereocenters. The minimum absolute atomic E-state index is 0.0745. The first-order valence-corrected chi connectivity index (χ1v) is 5.59. The highest BCUT2D eigenvalue weighted by Gasteiger charge is 2.07. The normalized spacial score (nSPS) is 10.2. The van der Waals surface area contributed by atoms with Crippen molar-refractivity contribution in [3.63, 3.8) is 0 Å². The lowest BCUT2D eigenvalue weighted by Gasteiger charge is -1.99. The monoisotopic (exact) mass is 238 g/mol. The molecule has 0 fully saturated rings. The summed E-state index contributed by atoms with van der Waals surface area (Å²) in [7, 11) is 0. The third-order valence-electron chi connectivity index (χ3n) is 1.95. The van der Waals surface area contributed by atoms with Crippen LogP contribution in [-0.2, 0) is 6.42 Å². The summed E-state index contributed by atoms with van der Waals surface area (Å²) in [6.07, 6.45) is 2.37. The fourth-order valence-electron chi connectivity index (χ4n) is 1.20. The zero-order valence-electron chi connectivity index (χ0n) is 8.34. The van der Waals surface area contributed by atoms with Gasteiger partial charge in [0.05, 0.1) is 6.26 Å². The molecule has 84 valence electrons. The first kappa shape index (κ1) is 10.7. The first-order chi connectivity index (χ1) is 7.75. The number of nitrogens with one attached hydrogen (secondary N) is 1. The Morgan fingerprint density at radius 2 is 2.50 bits per heavy atom. The fraction of sp³-hybridized carbons (Fsp3) is 0.200. The zero-order valence-corrected chi connectivity index (χ0v) is 9.16. The molecule has 2 aromatic rings. The Bertz CT molecular complexity index is 464. The van der Waals surface area contributed by atoms with E-state index in [-0.39, 0.29) is 5.69 Å². The Morgan fingerprint density at radius 1 is 1.62 bits per heavy atom. The van der Waals surface area contributed by atoms with Gasteiger partial charge in [0, 0.05) is 18.3 Å². The van der Waals surface area contributed by atoms with Gasteiger partial charge in [-0.05, 0) is 12.1 Å². The largest absolute Gasteiger partial charge is 0.476 e. The van der Waals surface area contributed by atoms with Crippen LogP contribution in [0, 0.1) is 0 Å². The van der Waals surface area contributed by atoms with E-state index in [9.17, 15) is 4.79 Å². The van der Waals surface area contributed by atoms with Gasteiger partial charge in [-0.1, -0.05) is 0 Å². The second-order valence-electron chi connectivity index (χ2n) is 3.10. The predicted octanol–water partition coefficient (Wildman–Crippen LogP) is 2.09. The van der Waals surface area contributed by atoms with Crippen molar-refractivity contribution >= 4 is 22.4 Å². The van der Waals surface area contributed by atoms with Crippen molar-refractivity contribution in [1.82, 2.24) is 4.98 Å². The summed E-state index contributed by atoms with van der Waals surface area (Å²) in [5.74, 6) is -0.113. The van der Waals surface area contributed by atoms with E-state index >= 15 is 0 Å². The van der Waals surface area contributed by atoms with Crippen molar-refractivity contribution in [2.75, 3.05) is 11.9 Å². The maximum atomic E-state index is 10.6. The Balaban J connectivity index is 1.83. The second kappa shape index (κ2) is 4.80. The highest BCUT2D eigenvalue weighted by atomic mass is 32.1. The maximum Gasteiger partial charge on any atom is 0.355 e. The SMILES string of the molecule is O=C(O)c1csc(NCCc2ccco2)n1. The van der Waals surface area contributed by atoms with Gasteiger partial charge in [-0.15, -0.1) is 11.3 Å². The topological polar surface area (TPSA) is 75.4 Å². The van der Waals surface area contributed by atoms with E-state index in [4.69, 9.17) is 9.52 Å². The number of anilines is 1. The number of carboxylic acids is 1. The number of carboxylic acid groups (broad SMARTS) is 1. The van der Waals surface area contributed by atoms with Crippen molar-refractivity contribution in [2.45, 2.75) is 6.42 Å². The average molecular weight is 238 g/mol. The molecule has 6 heteroatoms. The molecule has 2 aromatic heterocycles. The number of carbonyl (C=O) groups is 1. The number of rotatable bonds is 5. The standard InChI is InChI=1S/C10H10N2O3S/c13-9(14)8-6-16-10(12-8)11-4-3-7-2-1-5-15-7/h1-2,5-6H,3-4H2,(H,11,12)(H,13,14). The van der Waals surface area contributed by atoms with E-state index in [1.165, 1.54) is 16.7 Å². The van der Waals surface area contributed by atoms with Crippen LogP contribution in [0.25, 0.3) is 0 Å². The molecule has 0 saturated carbocycles. The van der Waals surface area contributed by atoms with Gasteiger partial charge in [0.1, 0.15) is 5.76 Å². The van der Waals surface area contributed by atoms with Crippen LogP contribution in [0.3, 0.4) is 0 Å². The molecule has 16 heavy (non-hydrogen) atoms. The van der Waals surface area contributed by atoms with Crippen LogP contribution in [0.5, 0.6) is 0 Å². The summed E-state index contributed by atoms with van der Waals surface area (Å²) in [6.45, 7) is 0.667. The van der Waals surface area contributed by atoms with Gasteiger partial charge in [-0.2, -0.15) is 0 Å². The third kappa shape index (κ3) is 2.60. The van der Waals surface area contributed by atoms with Gasteiger partial charge in [0.2, 0.25) is 0 Å². The van der Waals surface area contributed by atoms with E-state index in [1.54, 1.807) is 6.26 Å². The van der Waals surface area contributed by atoms with E-state index in [2.05, 4.69) is 10.3 Å². The molecule has 0 amide bonds.